The molecular formula is C25H25N3O. The number of hydrogen-bond donors (Lipinski definition) is 1. The summed E-state index contributed by atoms with van der Waals surface area (Å²) >= 11 is 0. The summed E-state index contributed by atoms with van der Waals surface area (Å²) in [6, 6.07) is 29.0. The monoisotopic (exact) mass is 383 g/mol. The first-order chi connectivity index (χ1) is 14.1. The molecule has 4 rings (SSSR count). The summed E-state index contributed by atoms with van der Waals surface area (Å²) in [7, 11) is 5.85. The van der Waals surface area contributed by atoms with E-state index in [0.717, 1.165) is 22.8 Å². The van der Waals surface area contributed by atoms with Gasteiger partial charge in [0.15, 0.2) is 0 Å². The van der Waals surface area contributed by atoms with Gasteiger partial charge in [0, 0.05) is 42.5 Å². The van der Waals surface area contributed by atoms with Crippen LogP contribution >= 0.6 is 0 Å². The lowest BCUT2D eigenvalue weighted by Gasteiger charge is -2.20. The van der Waals surface area contributed by atoms with Gasteiger partial charge in [-0.2, -0.15) is 0 Å². The molecule has 0 unspecified atom stereocenters. The Bertz CT molecular complexity index is 1090. The van der Waals surface area contributed by atoms with Crippen molar-refractivity contribution < 1.29 is 4.74 Å². The van der Waals surface area contributed by atoms with Gasteiger partial charge in [-0.3, -0.25) is 0 Å². The Morgan fingerprint density at radius 1 is 0.690 bits per heavy atom. The molecule has 0 bridgehead atoms. The van der Waals surface area contributed by atoms with Crippen molar-refractivity contribution in [2.45, 2.75) is 0 Å². The minimum absolute atomic E-state index is 0.772. The van der Waals surface area contributed by atoms with Crippen LogP contribution in [0, 0.1) is 0 Å². The number of aromatic nitrogens is 1. The first-order valence-corrected chi connectivity index (χ1v) is 9.56. The van der Waals surface area contributed by atoms with E-state index >= 15 is 0 Å². The highest BCUT2D eigenvalue weighted by atomic mass is 16.5. The molecule has 0 amide bonds. The summed E-state index contributed by atoms with van der Waals surface area (Å²) in [6.07, 6.45) is 0. The van der Waals surface area contributed by atoms with Gasteiger partial charge in [-0.1, -0.05) is 12.1 Å². The summed E-state index contributed by atoms with van der Waals surface area (Å²) < 4.78 is 7.48. The second-order valence-corrected chi connectivity index (χ2v) is 7.09. The zero-order valence-electron chi connectivity index (χ0n) is 17.0. The van der Waals surface area contributed by atoms with Crippen molar-refractivity contribution in [2.24, 2.45) is 7.05 Å². The first-order valence-electron chi connectivity index (χ1n) is 9.56. The van der Waals surface area contributed by atoms with Crippen LogP contribution in [0.25, 0.3) is 22.5 Å². The van der Waals surface area contributed by atoms with Crippen LogP contribution in [-0.4, -0.2) is 18.7 Å². The Kier molecular flexibility index (Phi) is 5.00. The lowest BCUT2D eigenvalue weighted by molar-refractivity contribution is 0.415. The van der Waals surface area contributed by atoms with Gasteiger partial charge < -0.3 is 19.9 Å². The molecule has 0 saturated heterocycles. The number of anilines is 3. The second kappa shape index (κ2) is 7.76. The number of nitrogens with two attached hydrogens (primary N) is 1. The lowest BCUT2D eigenvalue weighted by atomic mass is 10.1. The molecule has 4 heteroatoms. The molecule has 146 valence electrons. The third-order valence-corrected chi connectivity index (χ3v) is 5.34. The average molecular weight is 383 g/mol. The van der Waals surface area contributed by atoms with Crippen molar-refractivity contribution in [3.05, 3.63) is 84.9 Å². The summed E-state index contributed by atoms with van der Waals surface area (Å²) in [4.78, 5) is 2.15. The van der Waals surface area contributed by atoms with Crippen LogP contribution in [0.1, 0.15) is 0 Å². The maximum atomic E-state index is 5.80. The van der Waals surface area contributed by atoms with E-state index in [4.69, 9.17) is 10.5 Å². The molecule has 0 aliphatic heterocycles. The van der Waals surface area contributed by atoms with Crippen LogP contribution in [0.5, 0.6) is 5.75 Å². The number of nitrogen functional groups attached to an aromatic ring is 1. The van der Waals surface area contributed by atoms with E-state index in [1.165, 1.54) is 22.5 Å². The highest BCUT2D eigenvalue weighted by Gasteiger charge is 2.10. The van der Waals surface area contributed by atoms with E-state index in [1.54, 1.807) is 7.11 Å². The normalized spacial score (nSPS) is 10.7. The molecule has 0 aliphatic rings. The van der Waals surface area contributed by atoms with Gasteiger partial charge in [0.05, 0.1) is 7.11 Å². The Balaban J connectivity index is 1.59. The van der Waals surface area contributed by atoms with E-state index in [-0.39, 0.29) is 0 Å². The van der Waals surface area contributed by atoms with Gasteiger partial charge in [-0.05, 0) is 83.9 Å². The zero-order valence-corrected chi connectivity index (χ0v) is 17.0. The SMILES string of the molecule is COc1ccc(-c2ccc(-c3ccc(N(C)c4ccc(N)cc4)cc3)n2C)cc1. The Hall–Kier alpha value is -3.66. The summed E-state index contributed by atoms with van der Waals surface area (Å²) in [5.41, 5.74) is 13.5. The maximum Gasteiger partial charge on any atom is 0.118 e. The molecule has 0 saturated carbocycles. The van der Waals surface area contributed by atoms with Gasteiger partial charge in [-0.15, -0.1) is 0 Å². The Morgan fingerprint density at radius 2 is 1.14 bits per heavy atom. The number of nitrogens with zero attached hydrogens (tertiary/aromatic N) is 2. The van der Waals surface area contributed by atoms with Gasteiger partial charge in [0.25, 0.3) is 0 Å². The topological polar surface area (TPSA) is 43.4 Å². The van der Waals surface area contributed by atoms with Crippen LogP contribution in [0.4, 0.5) is 17.1 Å². The number of methoxy groups -OCH3 is 1. The van der Waals surface area contributed by atoms with Crippen molar-refractivity contribution >= 4 is 17.1 Å². The molecule has 1 heterocycles. The number of ether oxygens (including phenoxy) is 1. The molecule has 0 atom stereocenters. The van der Waals surface area contributed by atoms with Crippen LogP contribution in [0.2, 0.25) is 0 Å². The van der Waals surface area contributed by atoms with Crippen molar-refractivity contribution in [3.8, 4) is 28.3 Å². The van der Waals surface area contributed by atoms with Crippen LogP contribution in [-0.2, 0) is 7.05 Å². The molecule has 4 nitrogen and oxygen atoms in total. The van der Waals surface area contributed by atoms with E-state index in [2.05, 4.69) is 72.1 Å². The van der Waals surface area contributed by atoms with Crippen molar-refractivity contribution in [3.63, 3.8) is 0 Å². The summed E-state index contributed by atoms with van der Waals surface area (Å²) in [5.74, 6) is 0.865. The quantitative estimate of drug-likeness (QED) is 0.448. The lowest BCUT2D eigenvalue weighted by Crippen LogP contribution is -2.09. The molecule has 2 N–H and O–H groups in total. The van der Waals surface area contributed by atoms with Crippen LogP contribution in [0.3, 0.4) is 0 Å². The molecule has 4 aromatic rings. The highest BCUT2D eigenvalue weighted by Crippen LogP contribution is 2.31. The van der Waals surface area contributed by atoms with Gasteiger partial charge in [-0.25, -0.2) is 0 Å². The smallest absolute Gasteiger partial charge is 0.118 e. The molecule has 0 radical (unpaired) electrons. The molecule has 29 heavy (non-hydrogen) atoms. The molecule has 0 aliphatic carbocycles. The minimum atomic E-state index is 0.772. The molecule has 0 spiro atoms. The Morgan fingerprint density at radius 3 is 1.62 bits per heavy atom. The van der Waals surface area contributed by atoms with Crippen molar-refractivity contribution in [1.29, 1.82) is 0 Å². The third kappa shape index (κ3) is 3.69. The van der Waals surface area contributed by atoms with Gasteiger partial charge in [0.2, 0.25) is 0 Å². The average Bonchev–Trinajstić information content (AvgIpc) is 3.15. The maximum absolute atomic E-state index is 5.80. The number of hydrogen-bond acceptors (Lipinski definition) is 3. The van der Waals surface area contributed by atoms with Crippen LogP contribution in [0.15, 0.2) is 84.9 Å². The van der Waals surface area contributed by atoms with E-state index in [1.807, 2.05) is 36.4 Å². The van der Waals surface area contributed by atoms with E-state index < -0.39 is 0 Å². The minimum Gasteiger partial charge on any atom is -0.497 e. The molecule has 3 aromatic carbocycles. The van der Waals surface area contributed by atoms with E-state index in [9.17, 15) is 0 Å². The summed E-state index contributed by atoms with van der Waals surface area (Å²) in [5, 5.41) is 0. The van der Waals surface area contributed by atoms with Gasteiger partial charge >= 0.3 is 0 Å². The van der Waals surface area contributed by atoms with Crippen molar-refractivity contribution in [1.82, 2.24) is 4.57 Å². The van der Waals surface area contributed by atoms with Crippen molar-refractivity contribution in [2.75, 3.05) is 24.8 Å². The largest absolute Gasteiger partial charge is 0.497 e. The van der Waals surface area contributed by atoms with Gasteiger partial charge in [0.1, 0.15) is 5.75 Å². The number of rotatable bonds is 5. The molecule has 1 aromatic heterocycles. The molecular weight excluding hydrogens is 358 g/mol. The predicted molar refractivity (Wildman–Crippen MR) is 122 cm³/mol. The fourth-order valence-electron chi connectivity index (χ4n) is 3.56. The first kappa shape index (κ1) is 18.7. The zero-order chi connectivity index (χ0) is 20.4. The van der Waals surface area contributed by atoms with E-state index in [0.29, 0.717) is 0 Å². The second-order valence-electron chi connectivity index (χ2n) is 7.09. The Labute approximate surface area is 171 Å². The highest BCUT2D eigenvalue weighted by molar-refractivity contribution is 5.72. The number of benzene rings is 3. The third-order valence-electron chi connectivity index (χ3n) is 5.34. The fraction of sp³-hybridized carbons (Fsp3) is 0.120. The summed E-state index contributed by atoms with van der Waals surface area (Å²) in [6.45, 7) is 0. The van der Waals surface area contributed by atoms with Crippen LogP contribution < -0.4 is 15.4 Å². The predicted octanol–water partition coefficient (Wildman–Crippen LogP) is 5.72. The molecule has 0 fully saturated rings. The fourth-order valence-corrected chi connectivity index (χ4v) is 3.56. The standard InChI is InChI=1S/C25H25N3O/c1-27(22-12-8-20(26)9-13-22)21-10-4-18(5-11-21)24-16-17-25(28(24)2)19-6-14-23(29-3)15-7-19/h4-17H,26H2,1-3H3.